The van der Waals surface area contributed by atoms with E-state index in [4.69, 9.17) is 0 Å². The number of nitrogens with one attached hydrogen (secondary N) is 2. The molecule has 1 atom stereocenters. The molecule has 3 aromatic rings. The van der Waals surface area contributed by atoms with Gasteiger partial charge in [-0.25, -0.2) is 9.97 Å². The average molecular weight is 381 g/mol. The molecule has 9 nitrogen and oxygen atoms in total. The van der Waals surface area contributed by atoms with Gasteiger partial charge in [0, 0.05) is 37.1 Å². The summed E-state index contributed by atoms with van der Waals surface area (Å²) < 4.78 is 1.83. The number of nitrogens with zero attached hydrogens (tertiary/aromatic N) is 5. The first-order chi connectivity index (χ1) is 13.7. The van der Waals surface area contributed by atoms with E-state index in [2.05, 4.69) is 25.5 Å². The molecule has 9 heteroatoms. The number of H-pyrrole nitrogens is 1. The van der Waals surface area contributed by atoms with Gasteiger partial charge < -0.3 is 10.2 Å². The van der Waals surface area contributed by atoms with Crippen LogP contribution in [0.1, 0.15) is 41.5 Å². The second kappa shape index (κ2) is 7.79. The van der Waals surface area contributed by atoms with E-state index in [1.807, 2.05) is 28.5 Å². The second-order valence-corrected chi connectivity index (χ2v) is 6.99. The molecule has 4 rings (SSSR count). The third kappa shape index (κ3) is 3.60. The van der Waals surface area contributed by atoms with Crippen molar-refractivity contribution < 1.29 is 9.59 Å². The first kappa shape index (κ1) is 18.1. The minimum absolute atomic E-state index is 0.0281. The van der Waals surface area contributed by atoms with E-state index in [-0.39, 0.29) is 24.3 Å². The number of imidazole rings is 1. The fourth-order valence-electron chi connectivity index (χ4n) is 3.63. The molecule has 0 bridgehead atoms. The molecule has 146 valence electrons. The largest absolute Gasteiger partial charge is 0.346 e. The summed E-state index contributed by atoms with van der Waals surface area (Å²) in [6.07, 6.45) is 9.60. The van der Waals surface area contributed by atoms with Crippen LogP contribution in [0.25, 0.3) is 5.78 Å². The molecule has 2 N–H and O–H groups in total. The lowest BCUT2D eigenvalue weighted by molar-refractivity contribution is -0.131. The highest BCUT2D eigenvalue weighted by Crippen LogP contribution is 2.14. The van der Waals surface area contributed by atoms with Gasteiger partial charge in [-0.2, -0.15) is 5.10 Å². The summed E-state index contributed by atoms with van der Waals surface area (Å²) in [5.41, 5.74) is 2.20. The fourth-order valence-corrected chi connectivity index (χ4v) is 3.63. The number of hydrogen-bond acceptors (Lipinski definition) is 5. The van der Waals surface area contributed by atoms with Crippen molar-refractivity contribution >= 4 is 17.6 Å². The molecule has 0 aliphatic carbocycles. The van der Waals surface area contributed by atoms with Crippen LogP contribution in [0.2, 0.25) is 0 Å². The third-order valence-electron chi connectivity index (χ3n) is 5.13. The number of piperidine rings is 1. The zero-order valence-electron chi connectivity index (χ0n) is 15.8. The van der Waals surface area contributed by atoms with Crippen LogP contribution >= 0.6 is 0 Å². The van der Waals surface area contributed by atoms with E-state index >= 15 is 0 Å². The number of aryl methyl sites for hydroxylation is 1. The van der Waals surface area contributed by atoms with Gasteiger partial charge in [0.25, 0.3) is 5.91 Å². The molecule has 0 spiro atoms. The smallest absolute Gasteiger partial charge is 0.269 e. The lowest BCUT2D eigenvalue weighted by Crippen LogP contribution is -2.50. The number of amides is 2. The van der Waals surface area contributed by atoms with Gasteiger partial charge in [-0.15, -0.1) is 0 Å². The van der Waals surface area contributed by atoms with Crippen LogP contribution in [0, 0.1) is 0 Å². The number of aromatic amines is 1. The highest BCUT2D eigenvalue weighted by Gasteiger charge is 2.26. The minimum Gasteiger partial charge on any atom is -0.346 e. The topological polar surface area (TPSA) is 108 Å². The lowest BCUT2D eigenvalue weighted by atomic mass is 10.0. The Bertz CT molecular complexity index is 993. The Labute approximate surface area is 162 Å². The molecular formula is C19H23N7O2. The molecular weight excluding hydrogens is 358 g/mol. The SMILES string of the molecule is CCc1cn[nH]c1C(=O)N[C@H]1CCCN(C(=O)Cc2cnc3ncccn23)C1. The van der Waals surface area contributed by atoms with Crippen LogP contribution < -0.4 is 5.32 Å². The molecule has 0 aromatic carbocycles. The molecule has 2 amide bonds. The summed E-state index contributed by atoms with van der Waals surface area (Å²) in [5.74, 6) is 0.447. The fraction of sp³-hybridized carbons (Fsp3) is 0.421. The van der Waals surface area contributed by atoms with Crippen LogP contribution in [0.5, 0.6) is 0 Å². The van der Waals surface area contributed by atoms with Gasteiger partial charge in [-0.05, 0) is 25.3 Å². The Morgan fingerprint density at radius 3 is 3.07 bits per heavy atom. The van der Waals surface area contributed by atoms with Crippen molar-refractivity contribution in [1.82, 2.24) is 34.8 Å². The number of rotatable bonds is 5. The quantitative estimate of drug-likeness (QED) is 0.685. The summed E-state index contributed by atoms with van der Waals surface area (Å²) >= 11 is 0. The van der Waals surface area contributed by atoms with Crippen molar-refractivity contribution in [2.45, 2.75) is 38.6 Å². The minimum atomic E-state index is -0.165. The number of carbonyl (C=O) groups excluding carboxylic acids is 2. The monoisotopic (exact) mass is 381 g/mol. The van der Waals surface area contributed by atoms with Crippen molar-refractivity contribution in [3.05, 3.63) is 47.8 Å². The maximum Gasteiger partial charge on any atom is 0.269 e. The molecule has 1 aliphatic heterocycles. The number of hydrogen-bond donors (Lipinski definition) is 2. The van der Waals surface area contributed by atoms with E-state index in [0.29, 0.717) is 24.6 Å². The molecule has 4 heterocycles. The van der Waals surface area contributed by atoms with Crippen LogP contribution in [0.3, 0.4) is 0 Å². The van der Waals surface area contributed by atoms with Gasteiger partial charge in [0.2, 0.25) is 11.7 Å². The van der Waals surface area contributed by atoms with E-state index in [1.165, 1.54) is 0 Å². The van der Waals surface area contributed by atoms with Crippen molar-refractivity contribution in [1.29, 1.82) is 0 Å². The normalized spacial score (nSPS) is 17.0. The number of fused-ring (bicyclic) bond motifs is 1. The van der Waals surface area contributed by atoms with Gasteiger partial charge in [-0.1, -0.05) is 6.92 Å². The van der Waals surface area contributed by atoms with Crippen molar-refractivity contribution in [2.24, 2.45) is 0 Å². The molecule has 1 fully saturated rings. The molecule has 1 aliphatic rings. The van der Waals surface area contributed by atoms with Crippen molar-refractivity contribution in [2.75, 3.05) is 13.1 Å². The zero-order valence-corrected chi connectivity index (χ0v) is 15.8. The highest BCUT2D eigenvalue weighted by molar-refractivity contribution is 5.93. The predicted molar refractivity (Wildman–Crippen MR) is 102 cm³/mol. The summed E-state index contributed by atoms with van der Waals surface area (Å²) in [6, 6.07) is 1.75. The van der Waals surface area contributed by atoms with Gasteiger partial charge in [0.05, 0.1) is 24.5 Å². The molecule has 3 aromatic heterocycles. The average Bonchev–Trinajstić information content (AvgIpc) is 3.35. The third-order valence-corrected chi connectivity index (χ3v) is 5.13. The van der Waals surface area contributed by atoms with Crippen LogP contribution in [-0.4, -0.2) is 60.4 Å². The standard InChI is InChI=1S/C19H23N7O2/c1-2-13-10-22-24-17(13)18(28)23-14-5-3-7-25(12-14)16(27)9-15-11-21-19-20-6-4-8-26(15)19/h4,6,8,10-11,14H,2-3,5,7,9,12H2,1H3,(H,22,24)(H,23,28)/t14-/m0/s1. The van der Waals surface area contributed by atoms with E-state index < -0.39 is 0 Å². The van der Waals surface area contributed by atoms with E-state index in [1.54, 1.807) is 18.6 Å². The number of carbonyl (C=O) groups is 2. The first-order valence-electron chi connectivity index (χ1n) is 9.53. The maximum absolute atomic E-state index is 12.8. The van der Waals surface area contributed by atoms with E-state index in [0.717, 1.165) is 30.5 Å². The number of aromatic nitrogens is 5. The molecule has 28 heavy (non-hydrogen) atoms. The van der Waals surface area contributed by atoms with Crippen LogP contribution in [0.15, 0.2) is 30.9 Å². The molecule has 0 radical (unpaired) electrons. The molecule has 1 saturated heterocycles. The number of likely N-dealkylation sites (tertiary alicyclic amines) is 1. The van der Waals surface area contributed by atoms with E-state index in [9.17, 15) is 9.59 Å². The van der Waals surface area contributed by atoms with Gasteiger partial charge in [0.15, 0.2) is 0 Å². The Kier molecular flexibility index (Phi) is 5.05. The summed E-state index contributed by atoms with van der Waals surface area (Å²) in [6.45, 7) is 3.19. The Balaban J connectivity index is 1.39. The lowest BCUT2D eigenvalue weighted by Gasteiger charge is -2.33. The van der Waals surface area contributed by atoms with Gasteiger partial charge in [0.1, 0.15) is 5.69 Å². The first-order valence-corrected chi connectivity index (χ1v) is 9.53. The summed E-state index contributed by atoms with van der Waals surface area (Å²) in [4.78, 5) is 35.6. The Morgan fingerprint density at radius 1 is 1.32 bits per heavy atom. The zero-order chi connectivity index (χ0) is 19.5. The molecule has 0 saturated carbocycles. The summed E-state index contributed by atoms with van der Waals surface area (Å²) in [5, 5.41) is 9.76. The summed E-state index contributed by atoms with van der Waals surface area (Å²) in [7, 11) is 0. The Morgan fingerprint density at radius 2 is 2.21 bits per heavy atom. The van der Waals surface area contributed by atoms with Crippen molar-refractivity contribution in [3.63, 3.8) is 0 Å². The predicted octanol–water partition coefficient (Wildman–Crippen LogP) is 0.978. The van der Waals surface area contributed by atoms with Crippen LogP contribution in [0.4, 0.5) is 0 Å². The van der Waals surface area contributed by atoms with Crippen molar-refractivity contribution in [3.8, 4) is 0 Å². The van der Waals surface area contributed by atoms with Gasteiger partial charge in [-0.3, -0.25) is 19.1 Å². The van der Waals surface area contributed by atoms with Crippen LogP contribution in [-0.2, 0) is 17.6 Å². The highest BCUT2D eigenvalue weighted by atomic mass is 16.2. The van der Waals surface area contributed by atoms with Gasteiger partial charge >= 0.3 is 0 Å². The Hall–Kier alpha value is -3.23. The maximum atomic E-state index is 12.8. The second-order valence-electron chi connectivity index (χ2n) is 6.99. The molecule has 0 unspecified atom stereocenters.